The number of carboxylic acids is 1. The summed E-state index contributed by atoms with van der Waals surface area (Å²) < 4.78 is 16.6. The molecule has 1 rings (SSSR count). The summed E-state index contributed by atoms with van der Waals surface area (Å²) >= 11 is 0.878. The lowest BCUT2D eigenvalue weighted by Gasteiger charge is -2.46. The van der Waals surface area contributed by atoms with Crippen LogP contribution in [0, 0.1) is 5.41 Å². The summed E-state index contributed by atoms with van der Waals surface area (Å²) in [5.41, 5.74) is -0.704. The molecule has 0 aromatic rings. The number of hydrogen-bond donors (Lipinski definition) is 3. The van der Waals surface area contributed by atoms with E-state index in [0.717, 1.165) is 11.8 Å². The minimum Gasteiger partial charge on any atom is -0.481 e. The van der Waals surface area contributed by atoms with Crippen molar-refractivity contribution in [2.45, 2.75) is 65.0 Å². The molecule has 0 spiro atoms. The molecule has 2 atom stereocenters. The molecule has 0 bridgehead atoms. The van der Waals surface area contributed by atoms with Crippen LogP contribution in [0.15, 0.2) is 0 Å². The number of hydrogen-bond acceptors (Lipinski definition) is 10. The van der Waals surface area contributed by atoms with E-state index in [4.69, 9.17) is 19.3 Å². The minimum absolute atomic E-state index is 0.00938. The van der Waals surface area contributed by atoms with Gasteiger partial charge in [-0.15, -0.1) is 0 Å². The van der Waals surface area contributed by atoms with Crippen LogP contribution in [0.4, 0.5) is 0 Å². The van der Waals surface area contributed by atoms with E-state index in [0.29, 0.717) is 0 Å². The van der Waals surface area contributed by atoms with Crippen molar-refractivity contribution < 1.29 is 48.1 Å². The zero-order valence-electron chi connectivity index (χ0n) is 20.5. The van der Waals surface area contributed by atoms with E-state index in [1.807, 2.05) is 0 Å². The molecule has 0 aliphatic carbocycles. The molecule has 1 fully saturated rings. The Morgan fingerprint density at radius 3 is 2.34 bits per heavy atom. The fourth-order valence-electron chi connectivity index (χ4n) is 3.11. The van der Waals surface area contributed by atoms with Crippen molar-refractivity contribution in [3.05, 3.63) is 0 Å². The van der Waals surface area contributed by atoms with Crippen molar-refractivity contribution in [3.63, 3.8) is 0 Å². The highest BCUT2D eigenvalue weighted by Gasteiger charge is 2.50. The molecule has 1 saturated heterocycles. The number of rotatable bonds is 15. The molecule has 13 heteroatoms. The molecular weight excluding hydrogens is 484 g/mol. The van der Waals surface area contributed by atoms with Crippen molar-refractivity contribution >= 4 is 46.2 Å². The molecular formula is C22H34N2O10S. The molecule has 1 aliphatic rings. The van der Waals surface area contributed by atoms with Crippen molar-refractivity contribution in [3.8, 4) is 0 Å². The Morgan fingerprint density at radius 2 is 1.74 bits per heavy atom. The summed E-state index contributed by atoms with van der Waals surface area (Å²) in [5, 5.41) is 13.4. The van der Waals surface area contributed by atoms with Gasteiger partial charge in [-0.3, -0.25) is 28.8 Å². The standard InChI is InChI=1S/C22H34N2O10S/c1-14(25)12-22(32-4)33-13-21(2,3)19(34-22)20(31)24-8-7-16(27)23-9-10-35-18(30)11-15(26)5-6-17(28)29/h19H,5-13H2,1-4H3,(H,23,27)(H,24,31)(H,28,29)/t19-,22?/m0/s1. The van der Waals surface area contributed by atoms with Crippen LogP contribution in [0.3, 0.4) is 0 Å². The number of ether oxygens (including phenoxy) is 3. The predicted molar refractivity (Wildman–Crippen MR) is 124 cm³/mol. The van der Waals surface area contributed by atoms with Crippen LogP contribution >= 0.6 is 11.8 Å². The van der Waals surface area contributed by atoms with E-state index in [1.165, 1.54) is 14.0 Å². The van der Waals surface area contributed by atoms with Crippen LogP contribution in [-0.4, -0.2) is 84.2 Å². The zero-order valence-corrected chi connectivity index (χ0v) is 21.3. The summed E-state index contributed by atoms with van der Waals surface area (Å²) in [5.74, 6) is -3.97. The van der Waals surface area contributed by atoms with Crippen LogP contribution in [0.2, 0.25) is 0 Å². The van der Waals surface area contributed by atoms with Gasteiger partial charge < -0.3 is 30.0 Å². The molecule has 0 aromatic heterocycles. The number of carbonyl (C=O) groups is 6. The molecule has 0 radical (unpaired) electrons. The average molecular weight is 519 g/mol. The Labute approximate surface area is 208 Å². The van der Waals surface area contributed by atoms with Gasteiger partial charge in [0.25, 0.3) is 5.97 Å². The van der Waals surface area contributed by atoms with Crippen LogP contribution in [0.1, 0.15) is 52.9 Å². The summed E-state index contributed by atoms with van der Waals surface area (Å²) in [6, 6.07) is 0. The topological polar surface area (TPSA) is 174 Å². The number of carboxylic acid groups (broad SMARTS) is 1. The lowest BCUT2D eigenvalue weighted by Crippen LogP contribution is -2.59. The van der Waals surface area contributed by atoms with Gasteiger partial charge in [0.15, 0.2) is 5.12 Å². The fraction of sp³-hybridized carbons (Fsp3) is 0.727. The molecule has 1 unspecified atom stereocenters. The minimum atomic E-state index is -1.64. The van der Waals surface area contributed by atoms with Gasteiger partial charge in [-0.05, 0) is 6.92 Å². The Morgan fingerprint density at radius 1 is 1.06 bits per heavy atom. The number of Topliss-reactive ketones (excluding diaryl/α,β-unsaturated/α-hetero) is 2. The Kier molecular flexibility index (Phi) is 12.5. The van der Waals surface area contributed by atoms with Gasteiger partial charge in [0.05, 0.1) is 25.9 Å². The van der Waals surface area contributed by atoms with Gasteiger partial charge in [-0.2, -0.15) is 0 Å². The number of amides is 2. The van der Waals surface area contributed by atoms with Gasteiger partial charge >= 0.3 is 5.97 Å². The first kappa shape index (κ1) is 30.7. The average Bonchev–Trinajstić information content (AvgIpc) is 2.76. The van der Waals surface area contributed by atoms with Gasteiger partial charge in [0.2, 0.25) is 11.8 Å². The van der Waals surface area contributed by atoms with Gasteiger partial charge in [0.1, 0.15) is 17.7 Å². The predicted octanol–water partition coefficient (Wildman–Crippen LogP) is 0.414. The summed E-state index contributed by atoms with van der Waals surface area (Å²) in [6.45, 7) is 5.25. The zero-order chi connectivity index (χ0) is 26.6. The van der Waals surface area contributed by atoms with E-state index in [1.54, 1.807) is 13.8 Å². The summed E-state index contributed by atoms with van der Waals surface area (Å²) in [4.78, 5) is 69.9. The van der Waals surface area contributed by atoms with Crippen molar-refractivity contribution in [2.75, 3.05) is 32.6 Å². The van der Waals surface area contributed by atoms with Gasteiger partial charge in [0, 0.05) is 44.2 Å². The maximum absolute atomic E-state index is 12.7. The second-order valence-corrected chi connectivity index (χ2v) is 9.91. The lowest BCUT2D eigenvalue weighted by atomic mass is 9.85. The second-order valence-electron chi connectivity index (χ2n) is 8.76. The molecule has 2 amide bonds. The molecule has 12 nitrogen and oxygen atoms in total. The lowest BCUT2D eigenvalue weighted by molar-refractivity contribution is -0.421. The van der Waals surface area contributed by atoms with Crippen LogP contribution < -0.4 is 10.6 Å². The smallest absolute Gasteiger partial charge is 0.303 e. The maximum Gasteiger partial charge on any atom is 0.303 e. The first-order valence-corrected chi connectivity index (χ1v) is 12.1. The van der Waals surface area contributed by atoms with E-state index < -0.39 is 40.3 Å². The third-order valence-corrected chi connectivity index (χ3v) is 5.86. The highest BCUT2D eigenvalue weighted by Crippen LogP contribution is 2.37. The normalized spacial score (nSPS) is 21.1. The molecule has 35 heavy (non-hydrogen) atoms. The monoisotopic (exact) mass is 518 g/mol. The number of ketones is 2. The molecule has 198 valence electrons. The molecule has 0 saturated carbocycles. The highest BCUT2D eigenvalue weighted by molar-refractivity contribution is 8.13. The highest BCUT2D eigenvalue weighted by atomic mass is 32.2. The van der Waals surface area contributed by atoms with Crippen molar-refractivity contribution in [1.82, 2.24) is 10.6 Å². The number of nitrogens with one attached hydrogen (secondary N) is 2. The molecule has 0 aromatic carbocycles. The third-order valence-electron chi connectivity index (χ3n) is 4.98. The van der Waals surface area contributed by atoms with E-state index in [9.17, 15) is 28.8 Å². The van der Waals surface area contributed by atoms with Crippen LogP contribution in [0.25, 0.3) is 0 Å². The van der Waals surface area contributed by atoms with Gasteiger partial charge in [-0.1, -0.05) is 25.6 Å². The molecule has 1 aliphatic heterocycles. The van der Waals surface area contributed by atoms with Crippen molar-refractivity contribution in [2.24, 2.45) is 5.41 Å². The van der Waals surface area contributed by atoms with Gasteiger partial charge in [-0.25, -0.2) is 0 Å². The number of carbonyl (C=O) groups excluding carboxylic acids is 5. The van der Waals surface area contributed by atoms with E-state index >= 15 is 0 Å². The Balaban J connectivity index is 2.36. The quantitative estimate of drug-likeness (QED) is 0.202. The Hall–Kier alpha value is -2.35. The molecule has 3 N–H and O–H groups in total. The van der Waals surface area contributed by atoms with Crippen LogP contribution in [0.5, 0.6) is 0 Å². The molecule has 1 heterocycles. The first-order chi connectivity index (χ1) is 16.3. The number of aliphatic carboxylic acids is 1. The maximum atomic E-state index is 12.7. The van der Waals surface area contributed by atoms with E-state index in [2.05, 4.69) is 10.6 Å². The third kappa shape index (κ3) is 11.3. The van der Waals surface area contributed by atoms with E-state index in [-0.39, 0.29) is 69.2 Å². The second kappa shape index (κ2) is 14.3. The fourth-order valence-corrected chi connectivity index (χ4v) is 3.81. The summed E-state index contributed by atoms with van der Waals surface area (Å²) in [7, 11) is 1.32. The first-order valence-electron chi connectivity index (χ1n) is 11.1. The Bertz CT molecular complexity index is 816. The van der Waals surface area contributed by atoms with Crippen molar-refractivity contribution in [1.29, 1.82) is 0 Å². The number of methoxy groups -OCH3 is 1. The SMILES string of the molecule is COC1(CC(C)=O)OCC(C)(C)[C@H](C(=O)NCCC(=O)NCCSC(=O)CC(=O)CCC(=O)O)O1. The number of thioether (sulfide) groups is 1. The largest absolute Gasteiger partial charge is 0.481 e. The summed E-state index contributed by atoms with van der Waals surface area (Å²) in [6.07, 6.45) is -2.01. The van der Waals surface area contributed by atoms with Crippen LogP contribution in [-0.2, 0) is 43.0 Å².